The Morgan fingerprint density at radius 3 is 2.34 bits per heavy atom. The first-order valence-electron chi connectivity index (χ1n) is 11.3. The van der Waals surface area contributed by atoms with E-state index in [-0.39, 0.29) is 17.2 Å². The van der Waals surface area contributed by atoms with E-state index in [9.17, 15) is 5.11 Å². The Morgan fingerprint density at radius 1 is 1.25 bits per heavy atom. The van der Waals surface area contributed by atoms with Crippen LogP contribution in [0.25, 0.3) is 0 Å². The van der Waals surface area contributed by atoms with Crippen molar-refractivity contribution >= 4 is 8.32 Å². The molecule has 4 atom stereocenters. The molecule has 0 spiro atoms. The molecule has 1 saturated heterocycles. The van der Waals surface area contributed by atoms with Crippen molar-refractivity contribution in [1.29, 1.82) is 0 Å². The smallest absolute Gasteiger partial charge is 0.193 e. The van der Waals surface area contributed by atoms with Crippen LogP contribution in [0.5, 0.6) is 5.75 Å². The summed E-state index contributed by atoms with van der Waals surface area (Å²) in [5.74, 6) is 0.124. The van der Waals surface area contributed by atoms with E-state index in [1.54, 1.807) is 13.2 Å². The van der Waals surface area contributed by atoms with Crippen LogP contribution in [0.15, 0.2) is 36.9 Å². The molecule has 1 N–H and O–H groups in total. The maximum atomic E-state index is 11.1. The molecule has 0 unspecified atom stereocenters. The Balaban J connectivity index is 2.11. The molecule has 1 fully saturated rings. The van der Waals surface area contributed by atoms with Gasteiger partial charge in [0.2, 0.25) is 0 Å². The lowest BCUT2D eigenvalue weighted by Crippen LogP contribution is -2.47. The summed E-state index contributed by atoms with van der Waals surface area (Å²) < 4.78 is 29.8. The summed E-state index contributed by atoms with van der Waals surface area (Å²) in [6.07, 6.45) is 0.163. The van der Waals surface area contributed by atoms with Gasteiger partial charge in [0.25, 0.3) is 0 Å². The number of aliphatic hydroxyl groups excluding tert-OH is 1. The molecule has 0 aliphatic carbocycles. The molecule has 1 aromatic rings. The fourth-order valence-electron chi connectivity index (χ4n) is 3.32. The van der Waals surface area contributed by atoms with Crippen LogP contribution in [-0.2, 0) is 25.2 Å². The molecule has 0 saturated carbocycles. The van der Waals surface area contributed by atoms with Gasteiger partial charge in [0.05, 0.1) is 38.6 Å². The molecule has 6 nitrogen and oxygen atoms in total. The van der Waals surface area contributed by atoms with Crippen LogP contribution in [0.4, 0.5) is 0 Å². The SMILES string of the molecule is C=C[C@H](O[Si](C)(C)C(C)(C)C)[C@@H](O)C[C@H](OCc1ccc(OC)cc1)[C@@H]1COC(C)(C)O1. The van der Waals surface area contributed by atoms with Gasteiger partial charge < -0.3 is 28.5 Å². The quantitative estimate of drug-likeness (QED) is 0.363. The van der Waals surface area contributed by atoms with Crippen molar-refractivity contribution in [2.45, 2.75) is 96.0 Å². The van der Waals surface area contributed by atoms with E-state index in [1.807, 2.05) is 38.1 Å². The van der Waals surface area contributed by atoms with Gasteiger partial charge in [-0.25, -0.2) is 0 Å². The number of ether oxygens (including phenoxy) is 4. The number of hydrogen-bond donors (Lipinski definition) is 1. The molecule has 1 heterocycles. The van der Waals surface area contributed by atoms with Crippen LogP contribution >= 0.6 is 0 Å². The third-order valence-electron chi connectivity index (χ3n) is 6.39. The molecule has 2 rings (SSSR count). The molecule has 0 bridgehead atoms. The Morgan fingerprint density at radius 2 is 1.88 bits per heavy atom. The molecular formula is C25H42O6Si. The average molecular weight is 467 g/mol. The maximum Gasteiger partial charge on any atom is 0.193 e. The van der Waals surface area contributed by atoms with Crippen molar-refractivity contribution in [2.75, 3.05) is 13.7 Å². The van der Waals surface area contributed by atoms with E-state index < -0.39 is 26.3 Å². The summed E-state index contributed by atoms with van der Waals surface area (Å²) in [4.78, 5) is 0. The van der Waals surface area contributed by atoms with Crippen LogP contribution in [0.2, 0.25) is 18.1 Å². The highest BCUT2D eigenvalue weighted by atomic mass is 28.4. The van der Waals surface area contributed by atoms with E-state index in [1.165, 1.54) is 0 Å². The fourth-order valence-corrected chi connectivity index (χ4v) is 4.61. The minimum absolute atomic E-state index is 0.0324. The molecule has 32 heavy (non-hydrogen) atoms. The number of aliphatic hydroxyl groups is 1. The van der Waals surface area contributed by atoms with Crippen LogP contribution in [0, 0.1) is 0 Å². The van der Waals surface area contributed by atoms with Gasteiger partial charge in [0.15, 0.2) is 14.1 Å². The molecule has 0 aromatic heterocycles. The molecular weight excluding hydrogens is 424 g/mol. The molecule has 1 aliphatic heterocycles. The highest BCUT2D eigenvalue weighted by Crippen LogP contribution is 2.38. The summed E-state index contributed by atoms with van der Waals surface area (Å²) in [6.45, 7) is 19.4. The van der Waals surface area contributed by atoms with Crippen molar-refractivity contribution in [3.8, 4) is 5.75 Å². The van der Waals surface area contributed by atoms with Crippen molar-refractivity contribution in [1.82, 2.24) is 0 Å². The Hall–Kier alpha value is -1.22. The van der Waals surface area contributed by atoms with Gasteiger partial charge in [0.1, 0.15) is 11.9 Å². The van der Waals surface area contributed by atoms with Crippen molar-refractivity contribution in [3.05, 3.63) is 42.5 Å². The number of hydrogen-bond acceptors (Lipinski definition) is 6. The van der Waals surface area contributed by atoms with Crippen molar-refractivity contribution in [2.24, 2.45) is 0 Å². The lowest BCUT2D eigenvalue weighted by Gasteiger charge is -2.40. The molecule has 182 valence electrons. The van der Waals surface area contributed by atoms with Gasteiger partial charge in [-0.15, -0.1) is 6.58 Å². The van der Waals surface area contributed by atoms with Gasteiger partial charge in [-0.05, 0) is 49.7 Å². The highest BCUT2D eigenvalue weighted by Gasteiger charge is 2.42. The second kappa shape index (κ2) is 10.8. The molecule has 1 aromatic carbocycles. The normalized spacial score (nSPS) is 21.7. The first-order chi connectivity index (χ1) is 14.8. The zero-order chi connectivity index (χ0) is 24.2. The molecule has 1 aliphatic rings. The summed E-state index contributed by atoms with van der Waals surface area (Å²) >= 11 is 0. The lowest BCUT2D eigenvalue weighted by atomic mass is 10.0. The first-order valence-corrected chi connectivity index (χ1v) is 14.2. The van der Waals surface area contributed by atoms with Crippen molar-refractivity contribution in [3.63, 3.8) is 0 Å². The number of methoxy groups -OCH3 is 1. The average Bonchev–Trinajstić information content (AvgIpc) is 3.08. The molecule has 7 heteroatoms. The highest BCUT2D eigenvalue weighted by molar-refractivity contribution is 6.74. The predicted molar refractivity (Wildman–Crippen MR) is 129 cm³/mol. The summed E-state index contributed by atoms with van der Waals surface area (Å²) in [5, 5.41) is 11.1. The third kappa shape index (κ3) is 7.40. The Bertz CT molecular complexity index is 725. The van der Waals surface area contributed by atoms with E-state index >= 15 is 0 Å². The second-order valence-electron chi connectivity index (χ2n) is 10.4. The van der Waals surface area contributed by atoms with Crippen LogP contribution < -0.4 is 4.74 Å². The topological polar surface area (TPSA) is 66.4 Å². The van der Waals surface area contributed by atoms with Gasteiger partial charge in [-0.2, -0.15) is 0 Å². The van der Waals surface area contributed by atoms with Gasteiger partial charge >= 0.3 is 0 Å². The number of rotatable bonds is 11. The van der Waals surface area contributed by atoms with Gasteiger partial charge in [-0.1, -0.05) is 39.0 Å². The minimum Gasteiger partial charge on any atom is -0.497 e. The predicted octanol–water partition coefficient (Wildman–Crippen LogP) is 5.06. The largest absolute Gasteiger partial charge is 0.497 e. The van der Waals surface area contributed by atoms with Gasteiger partial charge in [0, 0.05) is 6.42 Å². The Kier molecular flexibility index (Phi) is 9.12. The second-order valence-corrected chi connectivity index (χ2v) is 15.2. The summed E-state index contributed by atoms with van der Waals surface area (Å²) in [6, 6.07) is 7.74. The zero-order valence-corrected chi connectivity index (χ0v) is 22.0. The van der Waals surface area contributed by atoms with Crippen molar-refractivity contribution < 1.29 is 28.5 Å². The molecule has 0 amide bonds. The zero-order valence-electron chi connectivity index (χ0n) is 21.0. The van der Waals surface area contributed by atoms with E-state index in [4.69, 9.17) is 23.4 Å². The summed E-state index contributed by atoms with van der Waals surface area (Å²) in [5.41, 5.74) is 1.02. The molecule has 0 radical (unpaired) electrons. The van der Waals surface area contributed by atoms with E-state index in [0.717, 1.165) is 11.3 Å². The third-order valence-corrected chi connectivity index (χ3v) is 10.9. The summed E-state index contributed by atoms with van der Waals surface area (Å²) in [7, 11) is -0.434. The lowest BCUT2D eigenvalue weighted by molar-refractivity contribution is -0.162. The van der Waals surface area contributed by atoms with Gasteiger partial charge in [-0.3, -0.25) is 0 Å². The fraction of sp³-hybridized carbons (Fsp3) is 0.680. The van der Waals surface area contributed by atoms with Crippen LogP contribution in [0.1, 0.15) is 46.6 Å². The maximum absolute atomic E-state index is 11.1. The van der Waals surface area contributed by atoms with E-state index in [2.05, 4.69) is 40.4 Å². The van der Waals surface area contributed by atoms with E-state index in [0.29, 0.717) is 19.6 Å². The Labute approximate surface area is 195 Å². The number of benzene rings is 1. The first kappa shape index (κ1) is 27.0. The monoisotopic (exact) mass is 466 g/mol. The van der Waals surface area contributed by atoms with Crippen LogP contribution in [0.3, 0.4) is 0 Å². The van der Waals surface area contributed by atoms with Crippen LogP contribution in [-0.4, -0.2) is 57.3 Å². The minimum atomic E-state index is -2.08. The standard InChI is InChI=1S/C25H42O6Si/c1-10-21(31-32(8,9)24(2,3)4)20(26)15-22(23-17-29-25(5,6)30-23)28-16-18-11-13-19(27-7)14-12-18/h10-14,20-23,26H,1,15-17H2,2-9H3/t20-,21-,22-,23-/m0/s1.